The minimum absolute atomic E-state index is 0.0418. The van der Waals surface area contributed by atoms with E-state index >= 15 is 0 Å². The highest BCUT2D eigenvalue weighted by Gasteiger charge is 2.23. The lowest BCUT2D eigenvalue weighted by molar-refractivity contribution is -0.129. The molecule has 0 fully saturated rings. The van der Waals surface area contributed by atoms with Crippen LogP contribution in [-0.4, -0.2) is 12.0 Å². The van der Waals surface area contributed by atoms with Crippen molar-refractivity contribution >= 4 is 11.6 Å². The fourth-order valence-corrected chi connectivity index (χ4v) is 3.18. The number of nitrogens with zero attached hydrogens (tertiary/aromatic N) is 1. The van der Waals surface area contributed by atoms with Crippen LogP contribution in [-0.2, 0) is 22.7 Å². The van der Waals surface area contributed by atoms with Gasteiger partial charge in [0.2, 0.25) is 0 Å². The second-order valence-electron chi connectivity index (χ2n) is 7.13. The molecule has 0 aliphatic rings. The molecule has 1 amide bonds. The van der Waals surface area contributed by atoms with Gasteiger partial charge in [0, 0.05) is 5.69 Å². The predicted molar refractivity (Wildman–Crippen MR) is 114 cm³/mol. The van der Waals surface area contributed by atoms with Gasteiger partial charge in [-0.15, -0.1) is 0 Å². The van der Waals surface area contributed by atoms with Crippen LogP contribution >= 0.6 is 0 Å². The zero-order valence-corrected chi connectivity index (χ0v) is 16.8. The fourth-order valence-electron chi connectivity index (χ4n) is 3.18. The van der Waals surface area contributed by atoms with Gasteiger partial charge in [0.25, 0.3) is 5.91 Å². The summed E-state index contributed by atoms with van der Waals surface area (Å²) in [4.78, 5) is 15.0. The van der Waals surface area contributed by atoms with E-state index in [9.17, 15) is 4.79 Å². The van der Waals surface area contributed by atoms with Crippen LogP contribution < -0.4 is 4.90 Å². The lowest BCUT2D eigenvalue weighted by Crippen LogP contribution is -2.38. The van der Waals surface area contributed by atoms with Gasteiger partial charge in [-0.05, 0) is 49.6 Å². The summed E-state index contributed by atoms with van der Waals surface area (Å²) >= 11 is 0. The smallest absolute Gasteiger partial charge is 0.256 e. The topological polar surface area (TPSA) is 29.5 Å². The van der Waals surface area contributed by atoms with E-state index in [2.05, 4.69) is 32.0 Å². The maximum Gasteiger partial charge on any atom is 0.256 e. The Bertz CT molecular complexity index is 906. The monoisotopic (exact) mass is 373 g/mol. The summed E-state index contributed by atoms with van der Waals surface area (Å²) in [6, 6.07) is 26.1. The molecule has 3 heteroatoms. The van der Waals surface area contributed by atoms with E-state index in [-0.39, 0.29) is 5.91 Å². The zero-order chi connectivity index (χ0) is 19.9. The summed E-state index contributed by atoms with van der Waals surface area (Å²) in [5.74, 6) is -0.0418. The molecule has 3 aromatic rings. The summed E-state index contributed by atoms with van der Waals surface area (Å²) in [7, 11) is 0. The van der Waals surface area contributed by atoms with Gasteiger partial charge in [-0.2, -0.15) is 0 Å². The Hall–Kier alpha value is -2.91. The van der Waals surface area contributed by atoms with Crippen LogP contribution in [0.2, 0.25) is 0 Å². The van der Waals surface area contributed by atoms with E-state index in [1.807, 2.05) is 67.6 Å². The third kappa shape index (κ3) is 5.08. The first-order valence-electron chi connectivity index (χ1n) is 9.62. The van der Waals surface area contributed by atoms with Gasteiger partial charge in [-0.1, -0.05) is 72.3 Å². The maximum absolute atomic E-state index is 13.2. The molecule has 0 heterocycles. The van der Waals surface area contributed by atoms with Gasteiger partial charge in [0.15, 0.2) is 0 Å². The summed E-state index contributed by atoms with van der Waals surface area (Å²) in [6.07, 6.45) is -0.537. The Balaban J connectivity index is 1.74. The number of carbonyl (C=O) groups excluding carboxylic acids is 1. The number of carbonyl (C=O) groups is 1. The van der Waals surface area contributed by atoms with Crippen LogP contribution in [0.1, 0.15) is 29.2 Å². The van der Waals surface area contributed by atoms with E-state index in [0.29, 0.717) is 13.2 Å². The highest BCUT2D eigenvalue weighted by atomic mass is 16.5. The molecule has 0 saturated carbocycles. The van der Waals surface area contributed by atoms with Crippen molar-refractivity contribution in [3.05, 3.63) is 101 Å². The standard InChI is InChI=1S/C25H27NO2/c1-19-14-15-23(20(2)16-19)18-28-21(3)25(27)26(24-12-8-5-9-13-24)17-22-10-6-4-7-11-22/h4-16,21H,17-18H2,1-3H3. The normalized spacial score (nSPS) is 11.8. The van der Waals surface area contributed by atoms with Crippen molar-refractivity contribution in [2.45, 2.75) is 40.0 Å². The van der Waals surface area contributed by atoms with Crippen molar-refractivity contribution in [1.82, 2.24) is 0 Å². The quantitative estimate of drug-likeness (QED) is 0.552. The molecule has 1 atom stereocenters. The van der Waals surface area contributed by atoms with E-state index in [1.54, 1.807) is 4.90 Å². The van der Waals surface area contributed by atoms with Crippen LogP contribution in [0.5, 0.6) is 0 Å². The molecular formula is C25H27NO2. The highest BCUT2D eigenvalue weighted by Crippen LogP contribution is 2.20. The van der Waals surface area contributed by atoms with Gasteiger partial charge in [0.1, 0.15) is 6.10 Å². The van der Waals surface area contributed by atoms with E-state index in [4.69, 9.17) is 4.74 Å². The fraction of sp³-hybridized carbons (Fsp3) is 0.240. The molecule has 0 saturated heterocycles. The van der Waals surface area contributed by atoms with Crippen molar-refractivity contribution in [2.75, 3.05) is 4.90 Å². The molecular weight excluding hydrogens is 346 g/mol. The third-order valence-corrected chi connectivity index (χ3v) is 4.85. The number of hydrogen-bond acceptors (Lipinski definition) is 2. The second-order valence-corrected chi connectivity index (χ2v) is 7.13. The van der Waals surface area contributed by atoms with Gasteiger partial charge >= 0.3 is 0 Å². The Morgan fingerprint density at radius 1 is 0.929 bits per heavy atom. The average molecular weight is 373 g/mol. The number of amides is 1. The lowest BCUT2D eigenvalue weighted by atomic mass is 10.1. The van der Waals surface area contributed by atoms with Crippen LogP contribution in [0, 0.1) is 13.8 Å². The van der Waals surface area contributed by atoms with Crippen molar-refractivity contribution in [3.63, 3.8) is 0 Å². The lowest BCUT2D eigenvalue weighted by Gasteiger charge is -2.26. The zero-order valence-electron chi connectivity index (χ0n) is 16.8. The number of para-hydroxylation sites is 1. The van der Waals surface area contributed by atoms with Crippen LogP contribution in [0.3, 0.4) is 0 Å². The van der Waals surface area contributed by atoms with Gasteiger partial charge in [-0.3, -0.25) is 4.79 Å². The molecule has 0 aromatic heterocycles. The number of anilines is 1. The molecule has 0 N–H and O–H groups in total. The van der Waals surface area contributed by atoms with Crippen molar-refractivity contribution in [3.8, 4) is 0 Å². The maximum atomic E-state index is 13.2. The molecule has 3 rings (SSSR count). The Kier molecular flexibility index (Phi) is 6.62. The Labute approximate surface area is 167 Å². The third-order valence-electron chi connectivity index (χ3n) is 4.85. The number of ether oxygens (including phenoxy) is 1. The first-order chi connectivity index (χ1) is 13.5. The summed E-state index contributed by atoms with van der Waals surface area (Å²) < 4.78 is 5.96. The van der Waals surface area contributed by atoms with Gasteiger partial charge in [-0.25, -0.2) is 0 Å². The summed E-state index contributed by atoms with van der Waals surface area (Å²) in [5, 5.41) is 0. The summed E-state index contributed by atoms with van der Waals surface area (Å²) in [5.41, 5.74) is 5.48. The molecule has 3 nitrogen and oxygen atoms in total. The molecule has 3 aromatic carbocycles. The van der Waals surface area contributed by atoms with Crippen molar-refractivity contribution in [2.24, 2.45) is 0 Å². The molecule has 1 unspecified atom stereocenters. The number of hydrogen-bond donors (Lipinski definition) is 0. The van der Waals surface area contributed by atoms with E-state index in [1.165, 1.54) is 11.1 Å². The van der Waals surface area contributed by atoms with Crippen molar-refractivity contribution < 1.29 is 9.53 Å². The van der Waals surface area contributed by atoms with Crippen LogP contribution in [0.25, 0.3) is 0 Å². The SMILES string of the molecule is Cc1ccc(COC(C)C(=O)N(Cc2ccccc2)c2ccccc2)c(C)c1. The minimum atomic E-state index is -0.537. The van der Waals surface area contributed by atoms with Gasteiger partial charge in [0.05, 0.1) is 13.2 Å². The number of rotatable bonds is 7. The molecule has 28 heavy (non-hydrogen) atoms. The number of benzene rings is 3. The Morgan fingerprint density at radius 3 is 2.21 bits per heavy atom. The Morgan fingerprint density at radius 2 is 1.57 bits per heavy atom. The molecule has 0 spiro atoms. The van der Waals surface area contributed by atoms with Gasteiger partial charge < -0.3 is 9.64 Å². The number of aryl methyl sites for hydroxylation is 2. The second kappa shape index (κ2) is 9.34. The average Bonchev–Trinajstić information content (AvgIpc) is 2.72. The molecule has 0 aliphatic carbocycles. The molecule has 0 bridgehead atoms. The first kappa shape index (κ1) is 19.8. The minimum Gasteiger partial charge on any atom is -0.364 e. The highest BCUT2D eigenvalue weighted by molar-refractivity contribution is 5.96. The molecule has 0 aliphatic heterocycles. The first-order valence-corrected chi connectivity index (χ1v) is 9.62. The predicted octanol–water partition coefficient (Wildman–Crippen LogP) is 5.44. The summed E-state index contributed by atoms with van der Waals surface area (Å²) in [6.45, 7) is 6.91. The molecule has 0 radical (unpaired) electrons. The molecule has 144 valence electrons. The van der Waals surface area contributed by atoms with E-state index in [0.717, 1.165) is 16.8 Å². The van der Waals surface area contributed by atoms with Crippen LogP contribution in [0.4, 0.5) is 5.69 Å². The van der Waals surface area contributed by atoms with E-state index < -0.39 is 6.10 Å². The largest absolute Gasteiger partial charge is 0.364 e. The van der Waals surface area contributed by atoms with Crippen LogP contribution in [0.15, 0.2) is 78.9 Å². The van der Waals surface area contributed by atoms with Crippen molar-refractivity contribution in [1.29, 1.82) is 0 Å².